The summed E-state index contributed by atoms with van der Waals surface area (Å²) in [5, 5.41) is 17.2. The summed E-state index contributed by atoms with van der Waals surface area (Å²) in [6.07, 6.45) is -0.266. The van der Waals surface area contributed by atoms with E-state index in [-0.39, 0.29) is 54.8 Å². The maximum atomic E-state index is 14.0. The Morgan fingerprint density at radius 2 is 1.88 bits per heavy atom. The number of nitrogens with zero attached hydrogens (tertiary/aromatic N) is 2. The van der Waals surface area contributed by atoms with Crippen LogP contribution < -0.4 is 15.4 Å². The number of rotatable bonds is 8. The summed E-state index contributed by atoms with van der Waals surface area (Å²) in [6, 6.07) is 13.0. The second-order valence-corrected chi connectivity index (χ2v) is 13.5. The lowest BCUT2D eigenvalue weighted by Gasteiger charge is -2.28. The van der Waals surface area contributed by atoms with Gasteiger partial charge in [0.1, 0.15) is 41.9 Å². The average Bonchev–Trinajstić information content (AvgIpc) is 3.82. The first-order valence-electron chi connectivity index (χ1n) is 16.2. The molecule has 1 spiro atoms. The number of anilines is 1. The van der Waals surface area contributed by atoms with Gasteiger partial charge >= 0.3 is 5.97 Å². The van der Waals surface area contributed by atoms with E-state index in [0.717, 1.165) is 22.4 Å². The molecular weight excluding hydrogens is 616 g/mol. The minimum absolute atomic E-state index is 0.0807. The van der Waals surface area contributed by atoms with Gasteiger partial charge in [0.2, 0.25) is 17.7 Å². The van der Waals surface area contributed by atoms with Gasteiger partial charge in [-0.3, -0.25) is 14.4 Å². The lowest BCUT2D eigenvalue weighted by molar-refractivity contribution is -0.142. The van der Waals surface area contributed by atoms with Crippen molar-refractivity contribution in [3.63, 3.8) is 0 Å². The molecule has 0 saturated heterocycles. The molecule has 4 aromatic rings. The molecule has 250 valence electrons. The fourth-order valence-electron chi connectivity index (χ4n) is 6.96. The van der Waals surface area contributed by atoms with E-state index >= 15 is 0 Å². The Morgan fingerprint density at radius 1 is 1.08 bits per heavy atom. The van der Waals surface area contributed by atoms with Crippen molar-refractivity contribution in [1.82, 2.24) is 15.3 Å². The highest BCUT2D eigenvalue weighted by atomic mass is 16.5. The van der Waals surface area contributed by atoms with Gasteiger partial charge in [0.25, 0.3) is 0 Å². The number of benzene rings is 2. The van der Waals surface area contributed by atoms with Crippen LogP contribution in [-0.4, -0.2) is 45.1 Å². The van der Waals surface area contributed by atoms with Crippen LogP contribution in [0.15, 0.2) is 57.6 Å². The van der Waals surface area contributed by atoms with Gasteiger partial charge in [-0.1, -0.05) is 58.0 Å². The number of Topliss-reactive ketones (excluding diaryl/α,β-unsaturated/α-hetero) is 1. The largest absolute Gasteiger partial charge is 0.469 e. The molecule has 0 aliphatic carbocycles. The van der Waals surface area contributed by atoms with Gasteiger partial charge in [0, 0.05) is 30.5 Å². The quantitative estimate of drug-likeness (QED) is 0.223. The van der Waals surface area contributed by atoms with E-state index < -0.39 is 35.7 Å². The summed E-state index contributed by atoms with van der Waals surface area (Å²) in [5.41, 5.74) is 3.03. The molecule has 3 aliphatic heterocycles. The van der Waals surface area contributed by atoms with E-state index in [1.54, 1.807) is 13.8 Å². The highest BCUT2D eigenvalue weighted by Gasteiger charge is 2.61. The van der Waals surface area contributed by atoms with E-state index in [9.17, 15) is 19.5 Å². The number of ether oxygens (including phenoxy) is 2. The number of fused-ring (bicyclic) bond motifs is 4. The van der Waals surface area contributed by atoms with Crippen molar-refractivity contribution >= 4 is 23.3 Å². The highest BCUT2D eigenvalue weighted by molar-refractivity contribution is 5.89. The van der Waals surface area contributed by atoms with Crippen LogP contribution in [-0.2, 0) is 37.6 Å². The normalized spacial score (nSPS) is 22.9. The van der Waals surface area contributed by atoms with Crippen LogP contribution in [0.1, 0.15) is 81.1 Å². The second-order valence-electron chi connectivity index (χ2n) is 13.5. The zero-order chi connectivity index (χ0) is 33.9. The Bertz CT molecular complexity index is 1910. The molecule has 2 aromatic heterocycles. The molecule has 12 heteroatoms. The maximum absolute atomic E-state index is 14.0. The molecular formula is C36H38N4O8. The van der Waals surface area contributed by atoms with Crippen molar-refractivity contribution in [3.05, 3.63) is 82.8 Å². The standard InChI is InChI=1S/C36H38N4O8/c1-17(2)28-34-40-29(33-37-22(16-46-33)15-45-19(5)41)31(48-34)36-23-8-6-7-9-25(23)38-35(36)47-27-11-10-20(13-24(27)36)12-21(32(44)39-28)14-26(42)30(43)18(3)4/h6-11,13,16-18,21,28,30,35,38,43H,12,14-15H2,1-5H3,(H,39,44)/t21?,28-,30-,35-,36?/m0/s1. The molecule has 0 radical (unpaired) electrons. The fraction of sp³-hybridized carbons (Fsp3) is 0.417. The number of para-hydroxylation sites is 1. The number of esters is 1. The summed E-state index contributed by atoms with van der Waals surface area (Å²) in [5.74, 6) is -0.976. The van der Waals surface area contributed by atoms with E-state index in [4.69, 9.17) is 23.3 Å². The number of aliphatic hydroxyl groups excluding tert-OH is 1. The van der Waals surface area contributed by atoms with Gasteiger partial charge in [0.15, 0.2) is 23.5 Å². The third kappa shape index (κ3) is 5.15. The van der Waals surface area contributed by atoms with Crippen molar-refractivity contribution < 1.29 is 37.8 Å². The number of ketones is 1. The van der Waals surface area contributed by atoms with Gasteiger partial charge in [-0.2, -0.15) is 0 Å². The summed E-state index contributed by atoms with van der Waals surface area (Å²) in [7, 11) is 0. The summed E-state index contributed by atoms with van der Waals surface area (Å²) >= 11 is 0. The number of hydrogen-bond donors (Lipinski definition) is 3. The Hall–Kier alpha value is -4.97. The lowest BCUT2D eigenvalue weighted by atomic mass is 9.72. The van der Waals surface area contributed by atoms with Crippen LogP contribution in [0.4, 0.5) is 5.69 Å². The first kappa shape index (κ1) is 31.6. The van der Waals surface area contributed by atoms with Gasteiger partial charge < -0.3 is 34.0 Å². The average molecular weight is 655 g/mol. The third-order valence-corrected chi connectivity index (χ3v) is 9.42. The molecule has 4 bridgehead atoms. The van der Waals surface area contributed by atoms with Gasteiger partial charge in [-0.15, -0.1) is 0 Å². The van der Waals surface area contributed by atoms with E-state index in [1.165, 1.54) is 13.2 Å². The molecule has 12 nitrogen and oxygen atoms in total. The van der Waals surface area contributed by atoms with Gasteiger partial charge in [0.05, 0.1) is 0 Å². The Kier molecular flexibility index (Phi) is 7.86. The predicted molar refractivity (Wildman–Crippen MR) is 172 cm³/mol. The molecule has 48 heavy (non-hydrogen) atoms. The van der Waals surface area contributed by atoms with Crippen LogP contribution in [0.3, 0.4) is 0 Å². The number of carbonyl (C=O) groups is 3. The highest BCUT2D eigenvalue weighted by Crippen LogP contribution is 2.59. The number of aromatic nitrogens is 2. The maximum Gasteiger partial charge on any atom is 0.303 e. The topological polar surface area (TPSA) is 166 Å². The molecule has 2 aromatic carbocycles. The second kappa shape index (κ2) is 11.9. The molecule has 2 unspecified atom stereocenters. The molecule has 5 atom stereocenters. The predicted octanol–water partition coefficient (Wildman–Crippen LogP) is 4.83. The summed E-state index contributed by atoms with van der Waals surface area (Å²) in [6.45, 7) is 8.66. The Morgan fingerprint density at radius 3 is 2.62 bits per heavy atom. The number of hydrogen-bond acceptors (Lipinski definition) is 11. The van der Waals surface area contributed by atoms with Crippen LogP contribution in [0.25, 0.3) is 11.6 Å². The molecule has 0 fully saturated rings. The molecule has 1 amide bonds. The van der Waals surface area contributed by atoms with Crippen LogP contribution in [0.2, 0.25) is 0 Å². The van der Waals surface area contributed by atoms with Crippen LogP contribution in [0, 0.1) is 17.8 Å². The van der Waals surface area contributed by atoms with E-state index in [2.05, 4.69) is 15.6 Å². The fourth-order valence-corrected chi connectivity index (χ4v) is 6.96. The van der Waals surface area contributed by atoms with Gasteiger partial charge in [-0.05, 0) is 41.5 Å². The first-order chi connectivity index (χ1) is 23.0. The molecule has 5 heterocycles. The van der Waals surface area contributed by atoms with E-state index in [1.807, 2.05) is 56.3 Å². The Labute approximate surface area is 277 Å². The molecule has 7 rings (SSSR count). The summed E-state index contributed by atoms with van der Waals surface area (Å²) < 4.78 is 24.5. The lowest BCUT2D eigenvalue weighted by Crippen LogP contribution is -2.41. The third-order valence-electron chi connectivity index (χ3n) is 9.42. The Balaban J connectivity index is 1.45. The number of oxazole rings is 2. The summed E-state index contributed by atoms with van der Waals surface area (Å²) in [4.78, 5) is 48.3. The molecule has 0 saturated carbocycles. The first-order valence-corrected chi connectivity index (χ1v) is 16.2. The minimum atomic E-state index is -1.18. The van der Waals surface area contributed by atoms with Crippen molar-refractivity contribution in [2.45, 2.75) is 77.9 Å². The SMILES string of the molecule is CC(=O)OCc1coc(-c2nc3oc2C24c5ccccc5N[C@H]2Oc2ccc(cc24)CC(CC(=O)[C@@H](O)C(C)C)C(=O)N[C@H]3C(C)C)n1. The van der Waals surface area contributed by atoms with Crippen molar-refractivity contribution in [2.24, 2.45) is 17.8 Å². The number of amides is 1. The number of carbonyl (C=O) groups excluding carboxylic acids is 3. The van der Waals surface area contributed by atoms with Crippen molar-refractivity contribution in [1.29, 1.82) is 0 Å². The zero-order valence-corrected chi connectivity index (χ0v) is 27.4. The number of aliphatic hydroxyl groups is 1. The monoisotopic (exact) mass is 654 g/mol. The smallest absolute Gasteiger partial charge is 0.303 e. The van der Waals surface area contributed by atoms with Crippen molar-refractivity contribution in [3.8, 4) is 17.3 Å². The minimum Gasteiger partial charge on any atom is -0.469 e. The van der Waals surface area contributed by atoms with Crippen LogP contribution in [0.5, 0.6) is 5.75 Å². The molecule has 3 aliphatic rings. The van der Waals surface area contributed by atoms with E-state index in [0.29, 0.717) is 22.9 Å². The van der Waals surface area contributed by atoms with Crippen molar-refractivity contribution in [2.75, 3.05) is 5.32 Å². The zero-order valence-electron chi connectivity index (χ0n) is 27.4. The number of nitrogens with one attached hydrogen (secondary N) is 2. The van der Waals surface area contributed by atoms with Gasteiger partial charge in [-0.25, -0.2) is 9.97 Å². The molecule has 3 N–H and O–H groups in total. The van der Waals surface area contributed by atoms with Crippen LogP contribution >= 0.6 is 0 Å².